The summed E-state index contributed by atoms with van der Waals surface area (Å²) in [5, 5.41) is 0.837. The number of aromatic nitrogens is 1. The van der Waals surface area contributed by atoms with Gasteiger partial charge in [-0.3, -0.25) is 0 Å². The number of methoxy groups -OCH3 is 1. The van der Waals surface area contributed by atoms with Crippen LogP contribution in [0.5, 0.6) is 0 Å². The summed E-state index contributed by atoms with van der Waals surface area (Å²) < 4.78 is 4.83. The van der Waals surface area contributed by atoms with Crippen molar-refractivity contribution in [3.8, 4) is 10.6 Å². The largest absolute Gasteiger partial charge is 0.465 e. The predicted octanol–water partition coefficient (Wildman–Crippen LogP) is 3.01. The Labute approximate surface area is 122 Å². The molecule has 0 atom stereocenters. The van der Waals surface area contributed by atoms with Gasteiger partial charge >= 0.3 is 5.97 Å². The van der Waals surface area contributed by atoms with Crippen LogP contribution in [0, 0.1) is 0 Å². The first-order chi connectivity index (χ1) is 9.69. The first kappa shape index (κ1) is 14.7. The fraction of sp³-hybridized carbons (Fsp3) is 0.333. The Morgan fingerprint density at radius 2 is 2.25 bits per heavy atom. The number of benzene rings is 1. The van der Waals surface area contributed by atoms with Crippen LogP contribution in [-0.2, 0) is 17.7 Å². The maximum absolute atomic E-state index is 11.8. The number of hydrogen-bond acceptors (Lipinski definition) is 5. The number of thiazole rings is 1. The van der Waals surface area contributed by atoms with Crippen molar-refractivity contribution in [3.05, 3.63) is 40.4 Å². The lowest BCUT2D eigenvalue weighted by molar-refractivity contribution is 0.0605. The Balaban J connectivity index is 2.43. The fourth-order valence-corrected chi connectivity index (χ4v) is 2.99. The number of ether oxygens (including phenoxy) is 1. The van der Waals surface area contributed by atoms with Crippen LogP contribution in [0.1, 0.15) is 34.3 Å². The van der Waals surface area contributed by atoms with E-state index in [1.807, 2.05) is 24.3 Å². The number of aryl methyl sites for hydroxylation is 1. The molecule has 0 aliphatic rings. The maximum atomic E-state index is 11.8. The van der Waals surface area contributed by atoms with Crippen LogP contribution in [0.4, 0.5) is 0 Å². The van der Waals surface area contributed by atoms with Gasteiger partial charge < -0.3 is 10.5 Å². The second kappa shape index (κ2) is 6.63. The van der Waals surface area contributed by atoms with Gasteiger partial charge in [0.2, 0.25) is 0 Å². The highest BCUT2D eigenvalue weighted by molar-refractivity contribution is 7.17. The summed E-state index contributed by atoms with van der Waals surface area (Å²) in [5.74, 6) is -0.313. The summed E-state index contributed by atoms with van der Waals surface area (Å²) in [4.78, 5) is 17.0. The summed E-state index contributed by atoms with van der Waals surface area (Å²) in [6.07, 6.45) is 1.72. The third-order valence-electron chi connectivity index (χ3n) is 2.96. The van der Waals surface area contributed by atoms with Crippen LogP contribution in [0.3, 0.4) is 0 Å². The molecule has 1 heterocycles. The van der Waals surface area contributed by atoms with E-state index in [2.05, 4.69) is 11.9 Å². The van der Waals surface area contributed by atoms with Gasteiger partial charge in [-0.2, -0.15) is 0 Å². The Morgan fingerprint density at radius 3 is 2.90 bits per heavy atom. The molecule has 5 heteroatoms. The van der Waals surface area contributed by atoms with Crippen molar-refractivity contribution in [1.82, 2.24) is 4.98 Å². The van der Waals surface area contributed by atoms with Gasteiger partial charge in [-0.15, -0.1) is 11.3 Å². The standard InChI is InChI=1S/C15H18N2O2S/c1-3-5-12-13(15(18)19-2)20-14(17-12)11-7-4-6-10(8-11)9-16/h4,6-8H,3,5,9,16H2,1-2H3. The molecule has 0 spiro atoms. The van der Waals surface area contributed by atoms with Crippen molar-refractivity contribution in [2.24, 2.45) is 5.73 Å². The van der Waals surface area contributed by atoms with Gasteiger partial charge in [-0.25, -0.2) is 9.78 Å². The number of carbonyl (C=O) groups excluding carboxylic acids is 1. The molecule has 0 amide bonds. The minimum atomic E-state index is -0.313. The monoisotopic (exact) mass is 290 g/mol. The van der Waals surface area contributed by atoms with Gasteiger partial charge in [0.25, 0.3) is 0 Å². The van der Waals surface area contributed by atoms with E-state index < -0.39 is 0 Å². The van der Waals surface area contributed by atoms with Gasteiger partial charge in [-0.1, -0.05) is 31.5 Å². The number of carbonyl (C=O) groups is 1. The van der Waals surface area contributed by atoms with Crippen LogP contribution in [0.2, 0.25) is 0 Å². The Bertz CT molecular complexity index is 608. The summed E-state index contributed by atoms with van der Waals surface area (Å²) >= 11 is 1.38. The molecule has 2 aromatic rings. The molecule has 1 aromatic carbocycles. The second-order valence-corrected chi connectivity index (χ2v) is 5.44. The maximum Gasteiger partial charge on any atom is 0.349 e. The van der Waals surface area contributed by atoms with Crippen molar-refractivity contribution >= 4 is 17.3 Å². The first-order valence-electron chi connectivity index (χ1n) is 6.57. The summed E-state index contributed by atoms with van der Waals surface area (Å²) in [6, 6.07) is 7.92. The minimum absolute atomic E-state index is 0.313. The van der Waals surface area contributed by atoms with E-state index in [4.69, 9.17) is 10.5 Å². The molecule has 0 fully saturated rings. The molecule has 0 bridgehead atoms. The summed E-state index contributed by atoms with van der Waals surface area (Å²) in [7, 11) is 1.40. The molecule has 106 valence electrons. The Morgan fingerprint density at radius 1 is 1.45 bits per heavy atom. The molecule has 0 aliphatic carbocycles. The van der Waals surface area contributed by atoms with E-state index in [1.165, 1.54) is 18.4 Å². The second-order valence-electron chi connectivity index (χ2n) is 4.44. The number of esters is 1. The zero-order chi connectivity index (χ0) is 14.5. The van der Waals surface area contributed by atoms with Crippen LogP contribution in [0.15, 0.2) is 24.3 Å². The van der Waals surface area contributed by atoms with E-state index in [1.54, 1.807) is 0 Å². The van der Waals surface area contributed by atoms with E-state index in [0.29, 0.717) is 11.4 Å². The van der Waals surface area contributed by atoms with Crippen LogP contribution in [0.25, 0.3) is 10.6 Å². The lowest BCUT2D eigenvalue weighted by atomic mass is 10.1. The SMILES string of the molecule is CCCc1nc(-c2cccc(CN)c2)sc1C(=O)OC. The Hall–Kier alpha value is -1.72. The van der Waals surface area contributed by atoms with E-state index in [-0.39, 0.29) is 5.97 Å². The number of rotatable bonds is 5. The lowest BCUT2D eigenvalue weighted by Crippen LogP contribution is -2.02. The number of nitrogens with zero attached hydrogens (tertiary/aromatic N) is 1. The fourth-order valence-electron chi connectivity index (χ4n) is 1.96. The Kier molecular flexibility index (Phi) is 4.87. The van der Waals surface area contributed by atoms with Crippen molar-refractivity contribution < 1.29 is 9.53 Å². The molecule has 1 aromatic heterocycles. The van der Waals surface area contributed by atoms with E-state index >= 15 is 0 Å². The molecular weight excluding hydrogens is 272 g/mol. The molecule has 4 nitrogen and oxygen atoms in total. The quantitative estimate of drug-likeness (QED) is 0.860. The topological polar surface area (TPSA) is 65.2 Å². The minimum Gasteiger partial charge on any atom is -0.465 e. The highest BCUT2D eigenvalue weighted by Gasteiger charge is 2.18. The van der Waals surface area contributed by atoms with Crippen molar-refractivity contribution in [2.75, 3.05) is 7.11 Å². The first-order valence-corrected chi connectivity index (χ1v) is 7.38. The predicted molar refractivity (Wildman–Crippen MR) is 80.8 cm³/mol. The third-order valence-corrected chi connectivity index (χ3v) is 4.09. The van der Waals surface area contributed by atoms with Crippen molar-refractivity contribution in [3.63, 3.8) is 0 Å². The zero-order valence-corrected chi connectivity index (χ0v) is 12.5. The van der Waals surface area contributed by atoms with E-state index in [0.717, 1.165) is 34.7 Å². The molecule has 2 N–H and O–H groups in total. The molecule has 0 aliphatic heterocycles. The average molecular weight is 290 g/mol. The van der Waals surface area contributed by atoms with E-state index in [9.17, 15) is 4.79 Å². The summed E-state index contributed by atoms with van der Waals surface area (Å²) in [6.45, 7) is 2.56. The molecule has 20 heavy (non-hydrogen) atoms. The van der Waals surface area contributed by atoms with Crippen LogP contribution >= 0.6 is 11.3 Å². The normalized spacial score (nSPS) is 10.6. The molecule has 0 unspecified atom stereocenters. The lowest BCUT2D eigenvalue weighted by Gasteiger charge is -1.99. The van der Waals surface area contributed by atoms with Gasteiger partial charge in [0.15, 0.2) is 0 Å². The van der Waals surface area contributed by atoms with Crippen molar-refractivity contribution in [2.45, 2.75) is 26.3 Å². The summed E-state index contributed by atoms with van der Waals surface area (Å²) in [5.41, 5.74) is 8.52. The smallest absolute Gasteiger partial charge is 0.349 e. The highest BCUT2D eigenvalue weighted by atomic mass is 32.1. The van der Waals surface area contributed by atoms with Gasteiger partial charge in [0.1, 0.15) is 9.88 Å². The van der Waals surface area contributed by atoms with Gasteiger partial charge in [0, 0.05) is 12.1 Å². The molecular formula is C15H18N2O2S. The number of hydrogen-bond donors (Lipinski definition) is 1. The van der Waals surface area contributed by atoms with Crippen molar-refractivity contribution in [1.29, 1.82) is 0 Å². The highest BCUT2D eigenvalue weighted by Crippen LogP contribution is 2.29. The number of nitrogens with two attached hydrogens (primary N) is 1. The van der Waals surface area contributed by atoms with Crippen LogP contribution in [-0.4, -0.2) is 18.1 Å². The third kappa shape index (κ3) is 3.05. The molecule has 0 saturated heterocycles. The van der Waals surface area contributed by atoms with Gasteiger partial charge in [0.05, 0.1) is 12.8 Å². The molecule has 0 radical (unpaired) electrons. The van der Waals surface area contributed by atoms with Crippen LogP contribution < -0.4 is 5.73 Å². The molecule has 2 rings (SSSR count). The zero-order valence-electron chi connectivity index (χ0n) is 11.7. The van der Waals surface area contributed by atoms with Gasteiger partial charge in [-0.05, 0) is 18.1 Å². The molecule has 0 saturated carbocycles. The average Bonchev–Trinajstić information content (AvgIpc) is 2.91.